The molecule has 0 spiro atoms. The van der Waals surface area contributed by atoms with E-state index in [4.69, 9.17) is 0 Å². The van der Waals surface area contributed by atoms with Gasteiger partial charge in [-0.15, -0.1) is 0 Å². The van der Waals surface area contributed by atoms with Gasteiger partial charge in [-0.2, -0.15) is 0 Å². The summed E-state index contributed by atoms with van der Waals surface area (Å²) in [6.07, 6.45) is -1.52. The number of esters is 2. The molecule has 0 aliphatic carbocycles. The standard InChI is InChI=1S/C10H14O8.3Na/c11-7(12)1-3-9(15)17-5-6-18-10(16)4-2-8(13)14;;;/h1-6H2,(H,11,12)(H,13,14);;;/q;3*+1/p-2. The van der Waals surface area contributed by atoms with Gasteiger partial charge in [0, 0.05) is 11.9 Å². The predicted octanol–water partition coefficient (Wildman–Crippen LogP) is -11.9. The maximum Gasteiger partial charge on any atom is 1.00 e. The molecule has 21 heavy (non-hydrogen) atoms. The molecule has 0 amide bonds. The van der Waals surface area contributed by atoms with E-state index in [1.54, 1.807) is 0 Å². The minimum atomic E-state index is -1.36. The van der Waals surface area contributed by atoms with E-state index in [0.29, 0.717) is 0 Å². The summed E-state index contributed by atoms with van der Waals surface area (Å²) in [4.78, 5) is 41.8. The molecule has 0 atom stereocenters. The number of carbonyl (C=O) groups is 4. The number of hydrogen-bond acceptors (Lipinski definition) is 8. The van der Waals surface area contributed by atoms with Crippen LogP contribution in [0.15, 0.2) is 0 Å². The minimum Gasteiger partial charge on any atom is -0.550 e. The van der Waals surface area contributed by atoms with Crippen LogP contribution in [0.3, 0.4) is 0 Å². The van der Waals surface area contributed by atoms with Crippen molar-refractivity contribution < 1.29 is 128 Å². The number of carbonyl (C=O) groups excluding carboxylic acids is 4. The van der Waals surface area contributed by atoms with Crippen LogP contribution in [0.1, 0.15) is 25.7 Å². The Labute approximate surface area is 188 Å². The second kappa shape index (κ2) is 18.9. The first-order valence-corrected chi connectivity index (χ1v) is 5.12. The molecule has 0 N–H and O–H groups in total. The number of carboxylic acid groups (broad SMARTS) is 2. The number of hydrogen-bond donors (Lipinski definition) is 0. The zero-order valence-electron chi connectivity index (χ0n) is 12.5. The summed E-state index contributed by atoms with van der Waals surface area (Å²) < 4.78 is 9.06. The molecule has 0 aromatic heterocycles. The number of aliphatic carboxylic acids is 2. The number of ether oxygens (including phenoxy) is 2. The zero-order valence-corrected chi connectivity index (χ0v) is 18.5. The largest absolute Gasteiger partial charge is 1.00 e. The van der Waals surface area contributed by atoms with Crippen LogP contribution >= 0.6 is 0 Å². The Hall–Kier alpha value is 0.880. The maximum atomic E-state index is 10.9. The van der Waals surface area contributed by atoms with Crippen LogP contribution in [0, 0.1) is 0 Å². The van der Waals surface area contributed by atoms with E-state index in [0.717, 1.165) is 0 Å². The molecule has 0 radical (unpaired) electrons. The fraction of sp³-hybridized carbons (Fsp3) is 0.600. The topological polar surface area (TPSA) is 133 Å². The maximum absolute atomic E-state index is 10.9. The third kappa shape index (κ3) is 23.3. The van der Waals surface area contributed by atoms with Gasteiger partial charge >= 0.3 is 101 Å². The average Bonchev–Trinajstić information content (AvgIpc) is 2.29. The molecule has 0 rings (SSSR count). The van der Waals surface area contributed by atoms with Gasteiger partial charge in [-0.1, -0.05) is 0 Å². The van der Waals surface area contributed by atoms with Crippen molar-refractivity contribution in [2.75, 3.05) is 13.2 Å². The molecule has 0 aliphatic rings. The molecule has 0 aromatic rings. The second-order valence-corrected chi connectivity index (χ2v) is 3.18. The Balaban J connectivity index is -0.000000482. The second-order valence-electron chi connectivity index (χ2n) is 3.18. The van der Waals surface area contributed by atoms with Crippen molar-refractivity contribution in [1.82, 2.24) is 0 Å². The van der Waals surface area contributed by atoms with Gasteiger partial charge in [-0.05, 0) is 12.8 Å². The van der Waals surface area contributed by atoms with E-state index in [9.17, 15) is 29.4 Å². The quantitative estimate of drug-likeness (QED) is 0.231. The van der Waals surface area contributed by atoms with Crippen molar-refractivity contribution in [2.24, 2.45) is 0 Å². The molecular formula is C10H12Na3O8+. The fourth-order valence-corrected chi connectivity index (χ4v) is 0.864. The third-order valence-corrected chi connectivity index (χ3v) is 1.68. The van der Waals surface area contributed by atoms with Gasteiger partial charge in [0.2, 0.25) is 0 Å². The zero-order chi connectivity index (χ0) is 14.0. The average molecular weight is 329 g/mol. The first-order valence-electron chi connectivity index (χ1n) is 5.12. The third-order valence-electron chi connectivity index (χ3n) is 1.68. The Kier molecular flexibility index (Phi) is 26.9. The number of rotatable bonds is 9. The summed E-state index contributed by atoms with van der Waals surface area (Å²) in [5.41, 5.74) is 0. The van der Waals surface area contributed by atoms with E-state index in [1.165, 1.54) is 0 Å². The molecular weight excluding hydrogens is 317 g/mol. The molecule has 11 heteroatoms. The molecule has 0 heterocycles. The van der Waals surface area contributed by atoms with Crippen molar-refractivity contribution in [3.8, 4) is 0 Å². The van der Waals surface area contributed by atoms with Crippen LogP contribution in [0.4, 0.5) is 0 Å². The van der Waals surface area contributed by atoms with E-state index >= 15 is 0 Å². The monoisotopic (exact) mass is 329 g/mol. The molecule has 0 unspecified atom stereocenters. The summed E-state index contributed by atoms with van der Waals surface area (Å²) in [6, 6.07) is 0. The smallest absolute Gasteiger partial charge is 0.550 e. The van der Waals surface area contributed by atoms with Crippen molar-refractivity contribution in [3.63, 3.8) is 0 Å². The predicted molar refractivity (Wildman–Crippen MR) is 50.4 cm³/mol. The Bertz CT molecular complexity index is 302. The molecule has 102 valence electrons. The first kappa shape index (κ1) is 29.8. The van der Waals surface area contributed by atoms with E-state index in [1.807, 2.05) is 0 Å². The molecule has 8 nitrogen and oxygen atoms in total. The van der Waals surface area contributed by atoms with Crippen molar-refractivity contribution >= 4 is 23.9 Å². The Morgan fingerprint density at radius 3 is 1.14 bits per heavy atom. The van der Waals surface area contributed by atoms with E-state index in [2.05, 4.69) is 9.47 Å². The molecule has 0 bridgehead atoms. The molecule has 0 saturated carbocycles. The van der Waals surface area contributed by atoms with Gasteiger partial charge in [0.15, 0.2) is 0 Å². The van der Waals surface area contributed by atoms with E-state index < -0.39 is 36.7 Å². The summed E-state index contributed by atoms with van der Waals surface area (Å²) in [7, 11) is 0. The van der Waals surface area contributed by atoms with Crippen molar-refractivity contribution in [3.05, 3.63) is 0 Å². The van der Waals surface area contributed by atoms with Gasteiger partial charge in [0.25, 0.3) is 0 Å². The number of carboxylic acids is 2. The van der Waals surface area contributed by atoms with Crippen LogP contribution in [-0.4, -0.2) is 37.1 Å². The van der Waals surface area contributed by atoms with Crippen molar-refractivity contribution in [1.29, 1.82) is 0 Å². The van der Waals surface area contributed by atoms with Gasteiger partial charge < -0.3 is 29.3 Å². The molecule has 0 aromatic carbocycles. The first-order chi connectivity index (χ1) is 8.41. The van der Waals surface area contributed by atoms with Gasteiger partial charge in [-0.25, -0.2) is 0 Å². The van der Waals surface area contributed by atoms with Crippen LogP contribution in [0.2, 0.25) is 0 Å². The van der Waals surface area contributed by atoms with Gasteiger partial charge in [0.1, 0.15) is 13.2 Å². The van der Waals surface area contributed by atoms with Gasteiger partial charge in [-0.3, -0.25) is 9.59 Å². The normalized spacial score (nSPS) is 8.19. The van der Waals surface area contributed by atoms with Gasteiger partial charge in [0.05, 0.1) is 12.8 Å². The van der Waals surface area contributed by atoms with Crippen LogP contribution in [0.25, 0.3) is 0 Å². The molecule has 0 fully saturated rings. The van der Waals surface area contributed by atoms with Crippen LogP contribution < -0.4 is 98.9 Å². The van der Waals surface area contributed by atoms with E-state index in [-0.39, 0.29) is 115 Å². The summed E-state index contributed by atoms with van der Waals surface area (Å²) in [5.74, 6) is -4.21. The Morgan fingerprint density at radius 2 is 0.905 bits per heavy atom. The van der Waals surface area contributed by atoms with Crippen LogP contribution in [-0.2, 0) is 28.7 Å². The molecule has 0 aliphatic heterocycles. The SMILES string of the molecule is O=C([O-])CCC(=O)OCCOC(=O)CCC(=O)[O-].[Na+].[Na+].[Na+]. The minimum absolute atomic E-state index is 0. The van der Waals surface area contributed by atoms with Crippen molar-refractivity contribution in [2.45, 2.75) is 25.7 Å². The summed E-state index contributed by atoms with van der Waals surface area (Å²) >= 11 is 0. The summed E-state index contributed by atoms with van der Waals surface area (Å²) in [6.45, 7) is -0.439. The summed E-state index contributed by atoms with van der Waals surface area (Å²) in [5, 5.41) is 20.0. The fourth-order valence-electron chi connectivity index (χ4n) is 0.864. The Morgan fingerprint density at radius 1 is 0.619 bits per heavy atom. The molecule has 0 saturated heterocycles. The van der Waals surface area contributed by atoms with Crippen LogP contribution in [0.5, 0.6) is 0 Å².